The summed E-state index contributed by atoms with van der Waals surface area (Å²) in [5.41, 5.74) is 8.03. The van der Waals surface area contributed by atoms with E-state index in [2.05, 4.69) is 75.4 Å². The summed E-state index contributed by atoms with van der Waals surface area (Å²) in [5, 5.41) is 0. The molecule has 3 N–H and O–H groups in total. The van der Waals surface area contributed by atoms with E-state index in [9.17, 15) is 0 Å². The molecular formula is C14H16Br2N2S. The van der Waals surface area contributed by atoms with E-state index in [1.165, 1.54) is 22.3 Å². The van der Waals surface area contributed by atoms with Gasteiger partial charge in [0.15, 0.2) is 0 Å². The first kappa shape index (κ1) is 15.2. The monoisotopic (exact) mass is 402 g/mol. The van der Waals surface area contributed by atoms with E-state index < -0.39 is 0 Å². The van der Waals surface area contributed by atoms with E-state index in [0.717, 1.165) is 14.0 Å². The highest BCUT2D eigenvalue weighted by Gasteiger charge is 2.17. The van der Waals surface area contributed by atoms with Crippen LogP contribution in [0.4, 0.5) is 0 Å². The van der Waals surface area contributed by atoms with Gasteiger partial charge in [-0.25, -0.2) is 0 Å². The molecule has 2 rings (SSSR count). The Bertz CT molecular complexity index is 581. The lowest BCUT2D eigenvalue weighted by atomic mass is 9.96. The average molecular weight is 404 g/mol. The van der Waals surface area contributed by atoms with Crippen molar-refractivity contribution in [2.24, 2.45) is 5.84 Å². The number of nitrogens with two attached hydrogens (primary N) is 1. The molecule has 0 amide bonds. The molecule has 0 aliphatic carbocycles. The molecule has 0 fully saturated rings. The molecule has 102 valence electrons. The van der Waals surface area contributed by atoms with E-state index >= 15 is 0 Å². The number of rotatable bonds is 4. The molecule has 2 aromatic rings. The van der Waals surface area contributed by atoms with E-state index in [4.69, 9.17) is 5.84 Å². The van der Waals surface area contributed by atoms with Crippen LogP contribution in [0.1, 0.15) is 28.3 Å². The van der Waals surface area contributed by atoms with Crippen LogP contribution in [0.2, 0.25) is 0 Å². The van der Waals surface area contributed by atoms with Crippen molar-refractivity contribution < 1.29 is 0 Å². The Balaban J connectivity index is 2.29. The highest BCUT2D eigenvalue weighted by Crippen LogP contribution is 2.36. The molecule has 0 spiro atoms. The maximum absolute atomic E-state index is 5.74. The van der Waals surface area contributed by atoms with Crippen LogP contribution in [0.25, 0.3) is 0 Å². The zero-order valence-corrected chi connectivity index (χ0v) is 14.8. The zero-order chi connectivity index (χ0) is 14.0. The smallest absolute Gasteiger partial charge is 0.0758 e. The summed E-state index contributed by atoms with van der Waals surface area (Å²) in [5.74, 6) is 5.74. The number of thiophene rings is 1. The van der Waals surface area contributed by atoms with Crippen LogP contribution in [0.15, 0.2) is 31.8 Å². The first-order valence-electron chi connectivity index (χ1n) is 5.98. The van der Waals surface area contributed by atoms with Crippen molar-refractivity contribution in [1.82, 2.24) is 5.43 Å². The predicted molar refractivity (Wildman–Crippen MR) is 89.4 cm³/mol. The topological polar surface area (TPSA) is 38.0 Å². The molecule has 2 nitrogen and oxygen atoms in total. The van der Waals surface area contributed by atoms with Gasteiger partial charge in [-0.3, -0.25) is 11.3 Å². The summed E-state index contributed by atoms with van der Waals surface area (Å²) in [6.07, 6.45) is 0.881. The molecule has 0 saturated heterocycles. The lowest BCUT2D eigenvalue weighted by Gasteiger charge is -2.17. The van der Waals surface area contributed by atoms with Gasteiger partial charge in [-0.15, -0.1) is 11.3 Å². The van der Waals surface area contributed by atoms with E-state index in [1.54, 1.807) is 11.3 Å². The average Bonchev–Trinajstić information content (AvgIpc) is 2.69. The molecule has 1 heterocycles. The van der Waals surface area contributed by atoms with Crippen LogP contribution in [-0.2, 0) is 6.42 Å². The minimum Gasteiger partial charge on any atom is -0.271 e. The maximum atomic E-state index is 5.74. The first-order chi connectivity index (χ1) is 9.01. The molecule has 0 aliphatic heterocycles. The van der Waals surface area contributed by atoms with Gasteiger partial charge in [-0.05, 0) is 74.9 Å². The van der Waals surface area contributed by atoms with Crippen molar-refractivity contribution in [3.63, 3.8) is 0 Å². The van der Waals surface area contributed by atoms with Gasteiger partial charge in [0.1, 0.15) is 0 Å². The molecule has 5 heteroatoms. The van der Waals surface area contributed by atoms with Crippen LogP contribution >= 0.6 is 43.2 Å². The Morgan fingerprint density at radius 2 is 2.00 bits per heavy atom. The molecule has 0 saturated carbocycles. The van der Waals surface area contributed by atoms with Crippen molar-refractivity contribution in [3.05, 3.63) is 54.1 Å². The normalized spacial score (nSPS) is 12.7. The predicted octanol–water partition coefficient (Wildman–Crippen LogP) is 4.64. The highest BCUT2D eigenvalue weighted by atomic mass is 79.9. The van der Waals surface area contributed by atoms with Crippen molar-refractivity contribution in [3.8, 4) is 0 Å². The number of hydrogen-bond acceptors (Lipinski definition) is 3. The Hall–Kier alpha value is -0.200. The van der Waals surface area contributed by atoms with Gasteiger partial charge >= 0.3 is 0 Å². The van der Waals surface area contributed by atoms with Crippen LogP contribution in [0, 0.1) is 13.8 Å². The van der Waals surface area contributed by atoms with E-state index in [0.29, 0.717) is 0 Å². The third-order valence-electron chi connectivity index (χ3n) is 3.19. The molecule has 19 heavy (non-hydrogen) atoms. The lowest BCUT2D eigenvalue weighted by molar-refractivity contribution is 0.550. The largest absolute Gasteiger partial charge is 0.271 e. The second kappa shape index (κ2) is 6.50. The third-order valence-corrected chi connectivity index (χ3v) is 5.57. The number of halogens is 2. The molecule has 1 unspecified atom stereocenters. The number of hydrogen-bond donors (Lipinski definition) is 2. The van der Waals surface area contributed by atoms with Gasteiger partial charge in [-0.2, -0.15) is 0 Å². The number of benzene rings is 1. The minimum atomic E-state index is 0.109. The fourth-order valence-corrected chi connectivity index (χ4v) is 5.06. The van der Waals surface area contributed by atoms with Crippen molar-refractivity contribution in [1.29, 1.82) is 0 Å². The maximum Gasteiger partial charge on any atom is 0.0758 e. The van der Waals surface area contributed by atoms with Crippen LogP contribution in [0.5, 0.6) is 0 Å². The molecule has 1 aromatic heterocycles. The van der Waals surface area contributed by atoms with Gasteiger partial charge in [0, 0.05) is 0 Å². The van der Waals surface area contributed by atoms with Crippen LogP contribution < -0.4 is 11.3 Å². The van der Waals surface area contributed by atoms with Gasteiger partial charge in [0.25, 0.3) is 0 Å². The molecule has 1 aromatic carbocycles. The summed E-state index contributed by atoms with van der Waals surface area (Å²) in [6, 6.07) is 8.76. The second-order valence-electron chi connectivity index (χ2n) is 4.63. The Morgan fingerprint density at radius 3 is 2.58 bits per heavy atom. The molecule has 0 aliphatic rings. The molecule has 1 atom stereocenters. The summed E-state index contributed by atoms with van der Waals surface area (Å²) in [4.78, 5) is 0. The molecule has 0 radical (unpaired) electrons. The summed E-state index contributed by atoms with van der Waals surface area (Å²) < 4.78 is 2.23. The highest BCUT2D eigenvalue weighted by molar-refractivity contribution is 9.12. The Morgan fingerprint density at radius 1 is 1.26 bits per heavy atom. The van der Waals surface area contributed by atoms with Crippen molar-refractivity contribution in [2.75, 3.05) is 0 Å². The van der Waals surface area contributed by atoms with E-state index in [-0.39, 0.29) is 6.04 Å². The summed E-state index contributed by atoms with van der Waals surface area (Å²) in [7, 11) is 0. The SMILES string of the molecule is Cc1ccc(C)c(CC(NN)c2cc(Br)sc2Br)c1. The third kappa shape index (κ3) is 3.67. The van der Waals surface area contributed by atoms with Crippen LogP contribution in [-0.4, -0.2) is 0 Å². The summed E-state index contributed by atoms with van der Waals surface area (Å²) in [6.45, 7) is 4.26. The Kier molecular flexibility index (Phi) is 5.20. The van der Waals surface area contributed by atoms with Crippen molar-refractivity contribution >= 4 is 43.2 Å². The number of hydrazine groups is 1. The number of nitrogens with one attached hydrogen (secondary N) is 1. The molecule has 0 bridgehead atoms. The van der Waals surface area contributed by atoms with Gasteiger partial charge < -0.3 is 0 Å². The van der Waals surface area contributed by atoms with E-state index in [1.807, 2.05) is 0 Å². The summed E-state index contributed by atoms with van der Waals surface area (Å²) >= 11 is 8.78. The second-order valence-corrected chi connectivity index (χ2v) is 8.38. The van der Waals surface area contributed by atoms with Crippen molar-refractivity contribution in [2.45, 2.75) is 26.3 Å². The van der Waals surface area contributed by atoms with Gasteiger partial charge in [0.2, 0.25) is 0 Å². The fourth-order valence-electron chi connectivity index (χ4n) is 2.09. The van der Waals surface area contributed by atoms with Gasteiger partial charge in [-0.1, -0.05) is 23.8 Å². The fraction of sp³-hybridized carbons (Fsp3) is 0.286. The lowest BCUT2D eigenvalue weighted by Crippen LogP contribution is -2.29. The quantitative estimate of drug-likeness (QED) is 0.576. The Labute approximate surface area is 134 Å². The van der Waals surface area contributed by atoms with Gasteiger partial charge in [0.05, 0.1) is 13.6 Å². The first-order valence-corrected chi connectivity index (χ1v) is 8.38. The number of aryl methyl sites for hydroxylation is 2. The van der Waals surface area contributed by atoms with Crippen LogP contribution in [0.3, 0.4) is 0 Å². The zero-order valence-electron chi connectivity index (χ0n) is 10.8. The minimum absolute atomic E-state index is 0.109. The standard InChI is InChI=1S/C14H16Br2N2S/c1-8-3-4-9(2)10(5-8)6-12(18-17)11-7-13(15)19-14(11)16/h3-5,7,12,18H,6,17H2,1-2H3. The molecular weight excluding hydrogens is 388 g/mol.